The summed E-state index contributed by atoms with van der Waals surface area (Å²) in [4.78, 5) is 18.8. The van der Waals surface area contributed by atoms with E-state index < -0.39 is 0 Å². The molecule has 1 N–H and O–H groups in total. The Morgan fingerprint density at radius 3 is 2.90 bits per heavy atom. The smallest absolute Gasteiger partial charge is 0.226 e. The fourth-order valence-electron chi connectivity index (χ4n) is 3.71. The lowest BCUT2D eigenvalue weighted by atomic mass is 9.99. The molecule has 1 aromatic heterocycles. The van der Waals surface area contributed by atoms with Crippen molar-refractivity contribution in [1.29, 1.82) is 0 Å². The number of nitrogens with one attached hydrogen (secondary N) is 1. The lowest BCUT2D eigenvalue weighted by molar-refractivity contribution is -0.121. The van der Waals surface area contributed by atoms with E-state index in [-0.39, 0.29) is 11.7 Å². The Bertz CT molecular complexity index is 1020. The van der Waals surface area contributed by atoms with Gasteiger partial charge < -0.3 is 14.7 Å². The highest BCUT2D eigenvalue weighted by Crippen LogP contribution is 2.26. The van der Waals surface area contributed by atoms with E-state index in [0.717, 1.165) is 24.9 Å². The molecule has 6 nitrogen and oxygen atoms in total. The maximum atomic E-state index is 13.0. The molecule has 0 bridgehead atoms. The quantitative estimate of drug-likeness (QED) is 0.642. The van der Waals surface area contributed by atoms with Gasteiger partial charge in [0.15, 0.2) is 0 Å². The first kappa shape index (κ1) is 20.1. The first-order valence-electron chi connectivity index (χ1n) is 10.3. The molecule has 0 unspecified atom stereocenters. The molecule has 0 radical (unpaired) electrons. The number of hydrogen-bond acceptors (Lipinski definition) is 5. The van der Waals surface area contributed by atoms with Crippen molar-refractivity contribution >= 4 is 11.6 Å². The number of fused-ring (bicyclic) bond motifs is 1. The standard InChI is InChI=1S/C23H25FN4O2/c1-28-13-3-4-18-14-16(7-12-20(18)28)15-25-21(29)5-2-6-22-26-23(27-30-22)17-8-10-19(24)11-9-17/h7-12,14H,2-6,13,15H2,1H3,(H,25,29). The number of anilines is 1. The van der Waals surface area contributed by atoms with Crippen LogP contribution in [0.1, 0.15) is 36.3 Å². The summed E-state index contributed by atoms with van der Waals surface area (Å²) in [6.45, 7) is 1.62. The first-order chi connectivity index (χ1) is 14.6. The van der Waals surface area contributed by atoms with Crippen LogP contribution in [-0.2, 0) is 24.2 Å². The van der Waals surface area contributed by atoms with Gasteiger partial charge >= 0.3 is 0 Å². The van der Waals surface area contributed by atoms with E-state index >= 15 is 0 Å². The molecule has 0 saturated heterocycles. The zero-order valence-electron chi connectivity index (χ0n) is 17.0. The summed E-state index contributed by atoms with van der Waals surface area (Å²) in [5.41, 5.74) is 4.46. The van der Waals surface area contributed by atoms with Gasteiger partial charge in [-0.3, -0.25) is 4.79 Å². The Morgan fingerprint density at radius 2 is 2.07 bits per heavy atom. The average Bonchev–Trinajstić information content (AvgIpc) is 3.22. The highest BCUT2D eigenvalue weighted by molar-refractivity contribution is 5.75. The SMILES string of the molecule is CN1CCCc2cc(CNC(=O)CCCc3nc(-c4ccc(F)cc4)no3)ccc21. The molecule has 2 heterocycles. The summed E-state index contributed by atoms with van der Waals surface area (Å²) in [5, 5.41) is 6.90. The predicted octanol–water partition coefficient (Wildman–Crippen LogP) is 3.90. The minimum atomic E-state index is -0.309. The van der Waals surface area contributed by atoms with Crippen LogP contribution in [0.2, 0.25) is 0 Å². The van der Waals surface area contributed by atoms with Crippen molar-refractivity contribution in [1.82, 2.24) is 15.5 Å². The van der Waals surface area contributed by atoms with Crippen molar-refractivity contribution in [3.63, 3.8) is 0 Å². The molecule has 0 fully saturated rings. The van der Waals surface area contributed by atoms with E-state index in [1.807, 2.05) is 0 Å². The van der Waals surface area contributed by atoms with E-state index in [1.54, 1.807) is 12.1 Å². The number of amides is 1. The molecule has 0 spiro atoms. The molecule has 0 atom stereocenters. The minimum Gasteiger partial charge on any atom is -0.374 e. The molecule has 1 aliphatic rings. The highest BCUT2D eigenvalue weighted by atomic mass is 19.1. The zero-order valence-corrected chi connectivity index (χ0v) is 17.0. The number of carbonyl (C=O) groups excluding carboxylic acids is 1. The van der Waals surface area contributed by atoms with Crippen molar-refractivity contribution in [2.24, 2.45) is 0 Å². The maximum Gasteiger partial charge on any atom is 0.226 e. The Morgan fingerprint density at radius 1 is 1.23 bits per heavy atom. The van der Waals surface area contributed by atoms with E-state index in [1.165, 1.54) is 23.4 Å². The largest absolute Gasteiger partial charge is 0.374 e. The third-order valence-electron chi connectivity index (χ3n) is 5.35. The second kappa shape index (κ2) is 9.07. The monoisotopic (exact) mass is 408 g/mol. The summed E-state index contributed by atoms with van der Waals surface area (Å²) in [6.07, 6.45) is 3.78. The molecule has 7 heteroatoms. The van der Waals surface area contributed by atoms with Crippen LogP contribution in [0.4, 0.5) is 10.1 Å². The zero-order chi connectivity index (χ0) is 20.9. The third-order valence-corrected chi connectivity index (χ3v) is 5.35. The Labute approximate surface area is 175 Å². The number of carbonyl (C=O) groups is 1. The summed E-state index contributed by atoms with van der Waals surface area (Å²) < 4.78 is 18.2. The normalized spacial score (nSPS) is 13.2. The van der Waals surface area contributed by atoms with Crippen molar-refractivity contribution in [2.45, 2.75) is 38.6 Å². The van der Waals surface area contributed by atoms with Gasteiger partial charge in [-0.05, 0) is 60.7 Å². The minimum absolute atomic E-state index is 0.00288. The molecular weight excluding hydrogens is 383 g/mol. The Kier molecular flexibility index (Phi) is 6.07. The van der Waals surface area contributed by atoms with Crippen LogP contribution in [0.3, 0.4) is 0 Å². The van der Waals surface area contributed by atoms with Gasteiger partial charge in [-0.2, -0.15) is 4.98 Å². The van der Waals surface area contributed by atoms with Crippen molar-refractivity contribution in [3.8, 4) is 11.4 Å². The van der Waals surface area contributed by atoms with Gasteiger partial charge in [0.1, 0.15) is 5.82 Å². The molecule has 1 amide bonds. The summed E-state index contributed by atoms with van der Waals surface area (Å²) in [7, 11) is 2.12. The number of aromatic nitrogens is 2. The van der Waals surface area contributed by atoms with Crippen LogP contribution in [0.15, 0.2) is 47.0 Å². The molecule has 156 valence electrons. The number of halogens is 1. The van der Waals surface area contributed by atoms with E-state index in [0.29, 0.717) is 43.1 Å². The van der Waals surface area contributed by atoms with Gasteiger partial charge in [-0.25, -0.2) is 4.39 Å². The average molecular weight is 408 g/mol. The molecule has 0 saturated carbocycles. The number of hydrogen-bond donors (Lipinski definition) is 1. The topological polar surface area (TPSA) is 71.3 Å². The molecule has 0 aliphatic carbocycles. The van der Waals surface area contributed by atoms with E-state index in [4.69, 9.17) is 4.52 Å². The second-order valence-corrected chi connectivity index (χ2v) is 7.64. The van der Waals surface area contributed by atoms with Gasteiger partial charge in [0.25, 0.3) is 0 Å². The van der Waals surface area contributed by atoms with Crippen LogP contribution in [-0.4, -0.2) is 29.6 Å². The van der Waals surface area contributed by atoms with Crippen molar-refractivity contribution in [3.05, 3.63) is 65.3 Å². The van der Waals surface area contributed by atoms with E-state index in [9.17, 15) is 9.18 Å². The van der Waals surface area contributed by atoms with Crippen LogP contribution in [0, 0.1) is 5.82 Å². The lowest BCUT2D eigenvalue weighted by Crippen LogP contribution is -2.25. The molecule has 2 aromatic carbocycles. The van der Waals surface area contributed by atoms with Gasteiger partial charge in [-0.15, -0.1) is 0 Å². The number of rotatable bonds is 7. The van der Waals surface area contributed by atoms with Gasteiger partial charge in [0.2, 0.25) is 17.6 Å². The summed E-state index contributed by atoms with van der Waals surface area (Å²) in [6, 6.07) is 12.3. The second-order valence-electron chi connectivity index (χ2n) is 7.64. The lowest BCUT2D eigenvalue weighted by Gasteiger charge is -2.27. The molecular formula is C23H25FN4O2. The first-order valence-corrected chi connectivity index (χ1v) is 10.3. The number of nitrogens with zero attached hydrogens (tertiary/aromatic N) is 3. The van der Waals surface area contributed by atoms with Crippen LogP contribution in [0.5, 0.6) is 0 Å². The number of benzene rings is 2. The third kappa shape index (κ3) is 4.84. The van der Waals surface area contributed by atoms with Crippen LogP contribution in [0.25, 0.3) is 11.4 Å². The molecule has 1 aliphatic heterocycles. The highest BCUT2D eigenvalue weighted by Gasteiger charge is 2.14. The van der Waals surface area contributed by atoms with Crippen molar-refractivity contribution < 1.29 is 13.7 Å². The Balaban J connectivity index is 1.22. The van der Waals surface area contributed by atoms with Crippen LogP contribution >= 0.6 is 0 Å². The molecule has 4 rings (SSSR count). The van der Waals surface area contributed by atoms with E-state index in [2.05, 4.69) is 45.6 Å². The molecule has 3 aromatic rings. The fourth-order valence-corrected chi connectivity index (χ4v) is 3.71. The molecule has 30 heavy (non-hydrogen) atoms. The Hall–Kier alpha value is -3.22. The van der Waals surface area contributed by atoms with Gasteiger partial charge in [0, 0.05) is 44.2 Å². The summed E-state index contributed by atoms with van der Waals surface area (Å²) in [5.74, 6) is 0.591. The van der Waals surface area contributed by atoms with Crippen LogP contribution < -0.4 is 10.2 Å². The summed E-state index contributed by atoms with van der Waals surface area (Å²) >= 11 is 0. The van der Waals surface area contributed by atoms with Crippen molar-refractivity contribution in [2.75, 3.05) is 18.5 Å². The van der Waals surface area contributed by atoms with Gasteiger partial charge in [0.05, 0.1) is 0 Å². The predicted molar refractivity (Wildman–Crippen MR) is 113 cm³/mol. The fraction of sp³-hybridized carbons (Fsp3) is 0.348. The van der Waals surface area contributed by atoms with Gasteiger partial charge in [-0.1, -0.05) is 17.3 Å². The maximum absolute atomic E-state index is 13.0. The number of aryl methyl sites for hydroxylation is 2.